The van der Waals surface area contributed by atoms with Gasteiger partial charge in [0, 0.05) is 18.7 Å². The molecule has 0 amide bonds. The van der Waals surface area contributed by atoms with Crippen molar-refractivity contribution in [2.24, 2.45) is 5.92 Å². The molecule has 1 aromatic rings. The summed E-state index contributed by atoms with van der Waals surface area (Å²) in [4.78, 5) is 11.3. The Morgan fingerprint density at radius 1 is 1.19 bits per heavy atom. The molecule has 0 atom stereocenters. The molecule has 1 N–H and O–H groups in total. The molecule has 0 bridgehead atoms. The van der Waals surface area contributed by atoms with E-state index in [4.69, 9.17) is 4.74 Å². The number of Topliss-reactive ketones (excluding diaryl/α,β-unsaturated/α-hetero) is 1. The second-order valence-electron chi connectivity index (χ2n) is 5.27. The van der Waals surface area contributed by atoms with Gasteiger partial charge in [-0.15, -0.1) is 0 Å². The van der Waals surface area contributed by atoms with Crippen LogP contribution in [0.5, 0.6) is 0 Å². The Hall–Kier alpha value is -1.24. The molecule has 118 valence electrons. The summed E-state index contributed by atoms with van der Waals surface area (Å²) < 4.78 is 31.8. The zero-order valence-corrected chi connectivity index (χ0v) is 13.6. The van der Waals surface area contributed by atoms with Crippen LogP contribution in [0.25, 0.3) is 0 Å². The fourth-order valence-electron chi connectivity index (χ4n) is 1.62. The number of hydrogen-bond donors (Lipinski definition) is 1. The van der Waals surface area contributed by atoms with E-state index in [9.17, 15) is 13.2 Å². The van der Waals surface area contributed by atoms with Crippen molar-refractivity contribution in [2.45, 2.75) is 32.1 Å². The Morgan fingerprint density at radius 3 is 2.33 bits per heavy atom. The van der Waals surface area contributed by atoms with Crippen LogP contribution in [0, 0.1) is 5.92 Å². The first-order chi connectivity index (χ1) is 9.83. The van der Waals surface area contributed by atoms with Crippen LogP contribution < -0.4 is 4.72 Å². The molecule has 0 aliphatic rings. The molecule has 0 spiro atoms. The fourth-order valence-corrected chi connectivity index (χ4v) is 2.63. The third-order valence-corrected chi connectivity index (χ3v) is 4.43. The summed E-state index contributed by atoms with van der Waals surface area (Å²) in [6, 6.07) is 5.88. The molecule has 0 aromatic heterocycles. The largest absolute Gasteiger partial charge is 0.380 e. The summed E-state index contributed by atoms with van der Waals surface area (Å²) in [5, 5.41) is 0. The maximum Gasteiger partial charge on any atom is 0.240 e. The average Bonchev–Trinajstić information content (AvgIpc) is 2.42. The van der Waals surface area contributed by atoms with Crippen molar-refractivity contribution in [3.63, 3.8) is 0 Å². The van der Waals surface area contributed by atoms with E-state index in [1.54, 1.807) is 0 Å². The van der Waals surface area contributed by atoms with E-state index >= 15 is 0 Å². The van der Waals surface area contributed by atoms with Gasteiger partial charge in [0.05, 0.1) is 11.5 Å². The highest BCUT2D eigenvalue weighted by Crippen LogP contribution is 2.10. The van der Waals surface area contributed by atoms with Crippen molar-refractivity contribution in [1.82, 2.24) is 4.72 Å². The molecule has 1 aromatic carbocycles. The smallest absolute Gasteiger partial charge is 0.240 e. The lowest BCUT2D eigenvalue weighted by molar-refractivity contribution is 0.101. The average molecular weight is 313 g/mol. The minimum atomic E-state index is -3.55. The van der Waals surface area contributed by atoms with Gasteiger partial charge in [0.1, 0.15) is 0 Å². The van der Waals surface area contributed by atoms with Gasteiger partial charge in [-0.1, -0.05) is 26.0 Å². The number of rotatable bonds is 9. The highest BCUT2D eigenvalue weighted by atomic mass is 32.2. The topological polar surface area (TPSA) is 72.5 Å². The second kappa shape index (κ2) is 8.26. The fraction of sp³-hybridized carbons (Fsp3) is 0.533. The minimum Gasteiger partial charge on any atom is -0.380 e. The normalized spacial score (nSPS) is 11.8. The molecule has 6 heteroatoms. The van der Waals surface area contributed by atoms with E-state index in [1.807, 2.05) is 0 Å². The Morgan fingerprint density at radius 2 is 1.81 bits per heavy atom. The molecular formula is C15H23NO4S. The van der Waals surface area contributed by atoms with E-state index < -0.39 is 10.0 Å². The van der Waals surface area contributed by atoms with Gasteiger partial charge >= 0.3 is 0 Å². The maximum absolute atomic E-state index is 12.0. The van der Waals surface area contributed by atoms with Crippen molar-refractivity contribution in [1.29, 1.82) is 0 Å². The van der Waals surface area contributed by atoms with Crippen LogP contribution >= 0.6 is 0 Å². The molecule has 5 nitrogen and oxygen atoms in total. The Kier molecular flexibility index (Phi) is 7.01. The van der Waals surface area contributed by atoms with E-state index in [0.717, 1.165) is 6.42 Å². The lowest BCUT2D eigenvalue weighted by Gasteiger charge is -2.09. The second-order valence-corrected chi connectivity index (χ2v) is 7.04. The van der Waals surface area contributed by atoms with Gasteiger partial charge in [-0.05, 0) is 31.4 Å². The number of ketones is 1. The zero-order chi connectivity index (χ0) is 15.9. The van der Waals surface area contributed by atoms with Crippen molar-refractivity contribution >= 4 is 15.8 Å². The van der Waals surface area contributed by atoms with Gasteiger partial charge in [-0.2, -0.15) is 0 Å². The van der Waals surface area contributed by atoms with Crippen LogP contribution in [-0.2, 0) is 14.8 Å². The Labute approximate surface area is 126 Å². The number of carbonyl (C=O) groups excluding carboxylic acids is 1. The number of nitrogens with one attached hydrogen (secondary N) is 1. The van der Waals surface area contributed by atoms with Crippen LogP contribution in [0.1, 0.15) is 37.6 Å². The minimum absolute atomic E-state index is 0.0922. The third-order valence-electron chi connectivity index (χ3n) is 2.95. The molecule has 0 saturated heterocycles. The lowest BCUT2D eigenvalue weighted by Crippen LogP contribution is -2.27. The van der Waals surface area contributed by atoms with Crippen molar-refractivity contribution < 1.29 is 17.9 Å². The predicted molar refractivity (Wildman–Crippen MR) is 81.9 cm³/mol. The molecule has 21 heavy (non-hydrogen) atoms. The first kappa shape index (κ1) is 17.8. The van der Waals surface area contributed by atoms with Crippen LogP contribution in [-0.4, -0.2) is 34.0 Å². The highest BCUT2D eigenvalue weighted by molar-refractivity contribution is 7.89. The van der Waals surface area contributed by atoms with Gasteiger partial charge in [0.2, 0.25) is 10.0 Å². The number of carbonyl (C=O) groups is 1. The van der Waals surface area contributed by atoms with Crippen LogP contribution in [0.2, 0.25) is 0 Å². The first-order valence-electron chi connectivity index (χ1n) is 7.01. The molecule has 0 heterocycles. The lowest BCUT2D eigenvalue weighted by atomic mass is 10.1. The third kappa shape index (κ3) is 6.37. The summed E-state index contributed by atoms with van der Waals surface area (Å²) in [5.74, 6) is 0.479. The summed E-state index contributed by atoms with van der Waals surface area (Å²) >= 11 is 0. The summed E-state index contributed by atoms with van der Waals surface area (Å²) in [5.41, 5.74) is 0.492. The van der Waals surface area contributed by atoms with Crippen molar-refractivity contribution in [3.8, 4) is 0 Å². The van der Waals surface area contributed by atoms with Crippen molar-refractivity contribution in [3.05, 3.63) is 29.8 Å². The van der Waals surface area contributed by atoms with Gasteiger partial charge in [-0.3, -0.25) is 4.79 Å². The molecule has 0 aliphatic carbocycles. The Bertz CT molecular complexity index is 550. The molecular weight excluding hydrogens is 290 g/mol. The zero-order valence-electron chi connectivity index (χ0n) is 12.8. The highest BCUT2D eigenvalue weighted by Gasteiger charge is 2.13. The first-order valence-corrected chi connectivity index (χ1v) is 8.49. The molecule has 0 saturated carbocycles. The molecule has 0 unspecified atom stereocenters. The van der Waals surface area contributed by atoms with Gasteiger partial charge in [-0.25, -0.2) is 13.1 Å². The van der Waals surface area contributed by atoms with Crippen molar-refractivity contribution in [2.75, 3.05) is 19.8 Å². The number of ether oxygens (including phenoxy) is 1. The maximum atomic E-state index is 12.0. The molecule has 0 aliphatic heterocycles. The van der Waals surface area contributed by atoms with Gasteiger partial charge in [0.25, 0.3) is 0 Å². The summed E-state index contributed by atoms with van der Waals surface area (Å²) in [6.07, 6.45) is 0.958. The molecule has 0 radical (unpaired) electrons. The number of benzene rings is 1. The monoisotopic (exact) mass is 313 g/mol. The number of sulfonamides is 1. The van der Waals surface area contributed by atoms with Crippen LogP contribution in [0.3, 0.4) is 0 Å². The predicted octanol–water partition coefficient (Wildman–Crippen LogP) is 2.23. The van der Waals surface area contributed by atoms with E-state index in [2.05, 4.69) is 18.6 Å². The SMILES string of the molecule is CC(=O)c1ccc(S(=O)(=O)NCCOCCC(C)C)cc1. The van der Waals surface area contributed by atoms with Crippen LogP contribution in [0.15, 0.2) is 29.2 Å². The van der Waals surface area contributed by atoms with Crippen LogP contribution in [0.4, 0.5) is 0 Å². The van der Waals surface area contributed by atoms with Gasteiger partial charge in [0.15, 0.2) is 5.78 Å². The quantitative estimate of drug-likeness (QED) is 0.560. The standard InChI is InChI=1S/C15H23NO4S/c1-12(2)8-10-20-11-9-16-21(18,19)15-6-4-14(5-7-15)13(3)17/h4-7,12,16H,8-11H2,1-3H3. The Balaban J connectivity index is 2.44. The van der Waals surface area contributed by atoms with Gasteiger partial charge < -0.3 is 4.74 Å². The summed E-state index contributed by atoms with van der Waals surface area (Å²) in [7, 11) is -3.55. The summed E-state index contributed by atoms with van der Waals surface area (Å²) in [6.45, 7) is 6.86. The van der Waals surface area contributed by atoms with E-state index in [-0.39, 0.29) is 17.2 Å². The molecule has 0 fully saturated rings. The van der Waals surface area contributed by atoms with E-state index in [1.165, 1.54) is 31.2 Å². The number of hydrogen-bond acceptors (Lipinski definition) is 4. The van der Waals surface area contributed by atoms with E-state index in [0.29, 0.717) is 24.7 Å². The molecule has 1 rings (SSSR count).